The molecular weight excluding hydrogens is 298 g/mol. The van der Waals surface area contributed by atoms with E-state index in [4.69, 9.17) is 11.6 Å². The molecule has 0 aliphatic rings. The number of amides is 1. The lowest BCUT2D eigenvalue weighted by Gasteiger charge is -2.08. The maximum Gasteiger partial charge on any atom is 0.271 e. The third kappa shape index (κ3) is 3.50. The molecular formula is C17H22ClN3O. The first-order valence-electron chi connectivity index (χ1n) is 7.52. The minimum Gasteiger partial charge on any atom is -0.347 e. The second kappa shape index (κ2) is 6.97. The fourth-order valence-corrected chi connectivity index (χ4v) is 2.69. The smallest absolute Gasteiger partial charge is 0.271 e. The summed E-state index contributed by atoms with van der Waals surface area (Å²) in [6, 6.07) is 8.27. The Morgan fingerprint density at radius 3 is 2.45 bits per heavy atom. The minimum absolute atomic E-state index is 0.201. The van der Waals surface area contributed by atoms with Crippen molar-refractivity contribution >= 4 is 17.5 Å². The minimum atomic E-state index is -0.201. The van der Waals surface area contributed by atoms with Gasteiger partial charge in [0.2, 0.25) is 0 Å². The van der Waals surface area contributed by atoms with E-state index in [1.165, 1.54) is 5.56 Å². The van der Waals surface area contributed by atoms with Crippen LogP contribution in [0.2, 0.25) is 5.02 Å². The molecule has 1 aromatic heterocycles. The summed E-state index contributed by atoms with van der Waals surface area (Å²) in [5.41, 5.74) is 3.51. The Hall–Kier alpha value is -1.81. The topological polar surface area (TPSA) is 46.9 Å². The van der Waals surface area contributed by atoms with Crippen molar-refractivity contribution in [2.45, 2.75) is 39.7 Å². The number of carbonyl (C=O) groups is 1. The fraction of sp³-hybridized carbons (Fsp3) is 0.412. The molecule has 1 amide bonds. The number of hydrogen-bond donors (Lipinski definition) is 1. The summed E-state index contributed by atoms with van der Waals surface area (Å²) in [4.78, 5) is 12.3. The van der Waals surface area contributed by atoms with Crippen LogP contribution in [0.15, 0.2) is 24.3 Å². The molecule has 5 heteroatoms. The lowest BCUT2D eigenvalue weighted by Crippen LogP contribution is -2.25. The molecule has 118 valence electrons. The molecule has 1 N–H and O–H groups in total. The summed E-state index contributed by atoms with van der Waals surface area (Å²) >= 11 is 6.22. The number of benzene rings is 1. The van der Waals surface area contributed by atoms with E-state index >= 15 is 0 Å². The van der Waals surface area contributed by atoms with E-state index < -0.39 is 0 Å². The Balaban J connectivity index is 2.05. The predicted octanol–water partition coefficient (Wildman–Crippen LogP) is 3.69. The van der Waals surface area contributed by atoms with Gasteiger partial charge in [0.15, 0.2) is 0 Å². The van der Waals surface area contributed by atoms with Crippen LogP contribution >= 0.6 is 11.6 Å². The molecule has 0 unspecified atom stereocenters. The number of nitrogens with one attached hydrogen (secondary N) is 1. The van der Waals surface area contributed by atoms with Crippen molar-refractivity contribution in [3.8, 4) is 0 Å². The van der Waals surface area contributed by atoms with Crippen molar-refractivity contribution in [3.05, 3.63) is 51.8 Å². The summed E-state index contributed by atoms with van der Waals surface area (Å²) in [5.74, 6) is 0.303. The lowest BCUT2D eigenvalue weighted by atomic mass is 10.0. The highest BCUT2D eigenvalue weighted by molar-refractivity contribution is 6.34. The highest BCUT2D eigenvalue weighted by atomic mass is 35.5. The van der Waals surface area contributed by atoms with Crippen LogP contribution in [-0.2, 0) is 20.0 Å². The molecule has 0 aliphatic heterocycles. The van der Waals surface area contributed by atoms with E-state index in [1.807, 2.05) is 19.1 Å². The fourth-order valence-electron chi connectivity index (χ4n) is 2.31. The third-order valence-corrected chi connectivity index (χ3v) is 4.10. The molecule has 1 heterocycles. The molecule has 0 radical (unpaired) electrons. The van der Waals surface area contributed by atoms with E-state index in [-0.39, 0.29) is 5.91 Å². The monoisotopic (exact) mass is 319 g/mol. The van der Waals surface area contributed by atoms with Gasteiger partial charge in [0.05, 0.1) is 10.7 Å². The van der Waals surface area contributed by atoms with Crippen molar-refractivity contribution in [1.82, 2.24) is 15.1 Å². The van der Waals surface area contributed by atoms with Crippen molar-refractivity contribution in [2.75, 3.05) is 0 Å². The van der Waals surface area contributed by atoms with Gasteiger partial charge in [-0.15, -0.1) is 0 Å². The highest BCUT2D eigenvalue weighted by Crippen LogP contribution is 2.21. The number of aromatic nitrogens is 2. The highest BCUT2D eigenvalue weighted by Gasteiger charge is 2.19. The Morgan fingerprint density at radius 2 is 1.95 bits per heavy atom. The number of rotatable bonds is 5. The molecule has 1 aromatic carbocycles. The first kappa shape index (κ1) is 16.6. The van der Waals surface area contributed by atoms with Crippen molar-refractivity contribution in [2.24, 2.45) is 7.05 Å². The molecule has 2 rings (SSSR count). The van der Waals surface area contributed by atoms with Crippen molar-refractivity contribution in [1.29, 1.82) is 0 Å². The predicted molar refractivity (Wildman–Crippen MR) is 89.3 cm³/mol. The van der Waals surface area contributed by atoms with Gasteiger partial charge in [-0.25, -0.2) is 0 Å². The molecule has 22 heavy (non-hydrogen) atoms. The summed E-state index contributed by atoms with van der Waals surface area (Å²) in [6.45, 7) is 6.76. The number of hydrogen-bond acceptors (Lipinski definition) is 2. The van der Waals surface area contributed by atoms with Gasteiger partial charge >= 0.3 is 0 Å². The van der Waals surface area contributed by atoms with E-state index in [0.717, 1.165) is 11.3 Å². The first-order valence-corrected chi connectivity index (χ1v) is 7.90. The Labute approximate surface area is 136 Å². The van der Waals surface area contributed by atoms with Crippen molar-refractivity contribution < 1.29 is 4.79 Å². The lowest BCUT2D eigenvalue weighted by molar-refractivity contribution is 0.0941. The van der Waals surface area contributed by atoms with Gasteiger partial charge in [-0.3, -0.25) is 9.48 Å². The van der Waals surface area contributed by atoms with Gasteiger partial charge < -0.3 is 5.32 Å². The van der Waals surface area contributed by atoms with Crippen LogP contribution in [0, 0.1) is 0 Å². The summed E-state index contributed by atoms with van der Waals surface area (Å²) in [5, 5.41) is 7.60. The van der Waals surface area contributed by atoms with Crippen LogP contribution in [0.1, 0.15) is 54.0 Å². The van der Waals surface area contributed by atoms with Gasteiger partial charge in [0.25, 0.3) is 5.91 Å². The summed E-state index contributed by atoms with van der Waals surface area (Å²) < 4.78 is 1.54. The maximum absolute atomic E-state index is 12.3. The second-order valence-electron chi connectivity index (χ2n) is 5.67. The average Bonchev–Trinajstić information content (AvgIpc) is 2.79. The molecule has 0 saturated heterocycles. The molecule has 4 nitrogen and oxygen atoms in total. The van der Waals surface area contributed by atoms with Gasteiger partial charge in [-0.1, -0.05) is 56.6 Å². The Morgan fingerprint density at radius 1 is 1.32 bits per heavy atom. The Kier molecular flexibility index (Phi) is 5.24. The van der Waals surface area contributed by atoms with Gasteiger partial charge in [-0.05, 0) is 23.5 Å². The molecule has 2 aromatic rings. The van der Waals surface area contributed by atoms with Crippen LogP contribution < -0.4 is 5.32 Å². The van der Waals surface area contributed by atoms with E-state index in [9.17, 15) is 4.79 Å². The van der Waals surface area contributed by atoms with Crippen LogP contribution in [0.5, 0.6) is 0 Å². The Bertz CT molecular complexity index is 659. The summed E-state index contributed by atoms with van der Waals surface area (Å²) in [6.07, 6.45) is 0.705. The normalized spacial score (nSPS) is 11.0. The number of carbonyl (C=O) groups excluding carboxylic acids is 1. The largest absolute Gasteiger partial charge is 0.347 e. The molecule has 0 aliphatic carbocycles. The molecule has 0 atom stereocenters. The van der Waals surface area contributed by atoms with E-state index in [2.05, 4.69) is 36.4 Å². The van der Waals surface area contributed by atoms with Crippen LogP contribution in [0.3, 0.4) is 0 Å². The quantitative estimate of drug-likeness (QED) is 0.913. The van der Waals surface area contributed by atoms with Gasteiger partial charge in [0, 0.05) is 13.6 Å². The molecule has 0 spiro atoms. The van der Waals surface area contributed by atoms with Crippen molar-refractivity contribution in [3.63, 3.8) is 0 Å². The number of nitrogens with zero attached hydrogens (tertiary/aromatic N) is 2. The zero-order valence-electron chi connectivity index (χ0n) is 13.5. The zero-order valence-corrected chi connectivity index (χ0v) is 14.2. The van der Waals surface area contributed by atoms with Crippen LogP contribution in [0.4, 0.5) is 0 Å². The van der Waals surface area contributed by atoms with Crippen LogP contribution in [0.25, 0.3) is 0 Å². The zero-order chi connectivity index (χ0) is 16.3. The molecule has 0 bridgehead atoms. The maximum atomic E-state index is 12.3. The van der Waals surface area contributed by atoms with Gasteiger partial charge in [0.1, 0.15) is 5.69 Å². The van der Waals surface area contributed by atoms with E-state index in [1.54, 1.807) is 11.7 Å². The average molecular weight is 320 g/mol. The van der Waals surface area contributed by atoms with E-state index in [0.29, 0.717) is 29.6 Å². The van der Waals surface area contributed by atoms with Crippen LogP contribution in [-0.4, -0.2) is 15.7 Å². The summed E-state index contributed by atoms with van der Waals surface area (Å²) in [7, 11) is 1.73. The second-order valence-corrected chi connectivity index (χ2v) is 6.04. The standard InChI is InChI=1S/C17H22ClN3O/c1-5-14-15(18)16(21(4)20-14)17(22)19-10-12-6-8-13(9-7-12)11(2)3/h6-9,11H,5,10H2,1-4H3,(H,19,22). The third-order valence-electron chi connectivity index (χ3n) is 3.71. The SMILES string of the molecule is CCc1nn(C)c(C(=O)NCc2ccc(C(C)C)cc2)c1Cl. The molecule has 0 saturated carbocycles. The first-order chi connectivity index (χ1) is 10.4. The molecule has 0 fully saturated rings. The number of halogens is 1. The number of aryl methyl sites for hydroxylation is 2. The van der Waals surface area contributed by atoms with Gasteiger partial charge in [-0.2, -0.15) is 5.10 Å².